The molecule has 0 aliphatic heterocycles. The standard InChI is InChI=1S/C14H20N4/c1-4-11-8-12(16)14(18-10(2)3)9-13(11)17-7-5-6-15/h8-9,17-18H,2,4-5,7,16H2,1,3H3. The van der Waals surface area contributed by atoms with E-state index in [0.29, 0.717) is 18.7 Å². The second kappa shape index (κ2) is 6.55. The molecule has 4 heteroatoms. The third kappa shape index (κ3) is 3.70. The summed E-state index contributed by atoms with van der Waals surface area (Å²) in [6.07, 6.45) is 1.38. The molecule has 0 fully saturated rings. The Morgan fingerprint density at radius 3 is 2.72 bits per heavy atom. The minimum atomic E-state index is 0.483. The van der Waals surface area contributed by atoms with Crippen molar-refractivity contribution in [2.75, 3.05) is 22.9 Å². The van der Waals surface area contributed by atoms with Crippen LogP contribution in [0.4, 0.5) is 17.1 Å². The summed E-state index contributed by atoms with van der Waals surface area (Å²) in [6.45, 7) is 8.41. The molecule has 1 rings (SSSR count). The lowest BCUT2D eigenvalue weighted by Gasteiger charge is -2.15. The fraction of sp³-hybridized carbons (Fsp3) is 0.357. The van der Waals surface area contributed by atoms with Gasteiger partial charge in [-0.1, -0.05) is 13.5 Å². The molecule has 0 saturated carbocycles. The molecule has 0 amide bonds. The molecule has 0 aromatic heterocycles. The van der Waals surface area contributed by atoms with E-state index in [1.165, 1.54) is 0 Å². The van der Waals surface area contributed by atoms with E-state index in [2.05, 4.69) is 30.2 Å². The third-order valence-electron chi connectivity index (χ3n) is 2.56. The summed E-state index contributed by atoms with van der Waals surface area (Å²) in [7, 11) is 0. The van der Waals surface area contributed by atoms with Crippen molar-refractivity contribution in [3.8, 4) is 6.07 Å². The van der Waals surface area contributed by atoms with Crippen molar-refractivity contribution in [3.05, 3.63) is 30.0 Å². The maximum Gasteiger partial charge on any atom is 0.0640 e. The summed E-state index contributed by atoms with van der Waals surface area (Å²) >= 11 is 0. The van der Waals surface area contributed by atoms with Crippen LogP contribution in [0.15, 0.2) is 24.4 Å². The molecule has 4 nitrogen and oxygen atoms in total. The van der Waals surface area contributed by atoms with Crippen LogP contribution < -0.4 is 16.4 Å². The van der Waals surface area contributed by atoms with E-state index in [-0.39, 0.29) is 0 Å². The third-order valence-corrected chi connectivity index (χ3v) is 2.56. The number of anilines is 3. The van der Waals surface area contributed by atoms with Crippen LogP contribution in [0, 0.1) is 11.3 Å². The zero-order chi connectivity index (χ0) is 13.5. The molecular weight excluding hydrogens is 224 g/mol. The number of allylic oxidation sites excluding steroid dienone is 1. The molecule has 0 bridgehead atoms. The summed E-state index contributed by atoms with van der Waals surface area (Å²) < 4.78 is 0. The number of nitrogen functional groups attached to an aromatic ring is 1. The Morgan fingerprint density at radius 2 is 2.17 bits per heavy atom. The van der Waals surface area contributed by atoms with Crippen LogP contribution in [0.1, 0.15) is 25.8 Å². The van der Waals surface area contributed by atoms with E-state index < -0.39 is 0 Å². The first kappa shape index (κ1) is 13.9. The highest BCUT2D eigenvalue weighted by Gasteiger charge is 2.06. The number of aryl methyl sites for hydroxylation is 1. The molecule has 0 aliphatic carbocycles. The lowest BCUT2D eigenvalue weighted by atomic mass is 10.1. The van der Waals surface area contributed by atoms with Gasteiger partial charge in [-0.2, -0.15) is 5.26 Å². The van der Waals surface area contributed by atoms with Gasteiger partial charge in [0.2, 0.25) is 0 Å². The van der Waals surface area contributed by atoms with Crippen molar-refractivity contribution in [3.63, 3.8) is 0 Å². The lowest BCUT2D eigenvalue weighted by Crippen LogP contribution is -2.06. The second-order valence-electron chi connectivity index (χ2n) is 4.19. The summed E-state index contributed by atoms with van der Waals surface area (Å²) in [6, 6.07) is 6.05. The Hall–Kier alpha value is -2.15. The number of hydrogen-bond donors (Lipinski definition) is 3. The molecule has 1 aromatic carbocycles. The normalized spacial score (nSPS) is 9.61. The highest BCUT2D eigenvalue weighted by molar-refractivity contribution is 5.75. The average molecular weight is 244 g/mol. The van der Waals surface area contributed by atoms with Gasteiger partial charge in [0, 0.05) is 17.9 Å². The number of benzene rings is 1. The van der Waals surface area contributed by atoms with Crippen molar-refractivity contribution in [1.29, 1.82) is 5.26 Å². The number of nitrogens with two attached hydrogens (primary N) is 1. The van der Waals surface area contributed by atoms with Crippen LogP contribution in [0.2, 0.25) is 0 Å². The average Bonchev–Trinajstić information content (AvgIpc) is 2.32. The highest BCUT2D eigenvalue weighted by atomic mass is 14.9. The van der Waals surface area contributed by atoms with E-state index in [0.717, 1.165) is 29.1 Å². The molecule has 4 N–H and O–H groups in total. The van der Waals surface area contributed by atoms with E-state index in [4.69, 9.17) is 11.0 Å². The summed E-state index contributed by atoms with van der Waals surface area (Å²) in [5.74, 6) is 0. The van der Waals surface area contributed by atoms with Crippen LogP contribution in [0.25, 0.3) is 0 Å². The van der Waals surface area contributed by atoms with Crippen LogP contribution in [-0.2, 0) is 6.42 Å². The minimum Gasteiger partial charge on any atom is -0.397 e. The first-order valence-corrected chi connectivity index (χ1v) is 6.04. The molecule has 1 aromatic rings. The SMILES string of the molecule is C=C(C)Nc1cc(NCCC#N)c(CC)cc1N. The smallest absolute Gasteiger partial charge is 0.0640 e. The molecule has 0 heterocycles. The molecular formula is C14H20N4. The first-order valence-electron chi connectivity index (χ1n) is 6.04. The molecule has 0 unspecified atom stereocenters. The number of nitriles is 1. The summed E-state index contributed by atoms with van der Waals surface area (Å²) in [4.78, 5) is 0. The number of rotatable bonds is 6. The minimum absolute atomic E-state index is 0.483. The van der Waals surface area contributed by atoms with E-state index in [9.17, 15) is 0 Å². The van der Waals surface area contributed by atoms with Gasteiger partial charge in [0.15, 0.2) is 0 Å². The van der Waals surface area contributed by atoms with Gasteiger partial charge in [0.25, 0.3) is 0 Å². The van der Waals surface area contributed by atoms with Gasteiger partial charge in [0.1, 0.15) is 0 Å². The maximum absolute atomic E-state index is 8.55. The van der Waals surface area contributed by atoms with Gasteiger partial charge in [-0.05, 0) is 31.0 Å². The predicted octanol–water partition coefficient (Wildman–Crippen LogP) is 3.10. The van der Waals surface area contributed by atoms with Gasteiger partial charge in [-0.25, -0.2) is 0 Å². The fourth-order valence-electron chi connectivity index (χ4n) is 1.71. The molecule has 18 heavy (non-hydrogen) atoms. The fourth-order valence-corrected chi connectivity index (χ4v) is 1.71. The van der Waals surface area contributed by atoms with Gasteiger partial charge >= 0.3 is 0 Å². The van der Waals surface area contributed by atoms with Crippen LogP contribution in [0.3, 0.4) is 0 Å². The summed E-state index contributed by atoms with van der Waals surface area (Å²) in [5, 5.41) is 14.9. The number of nitrogens with one attached hydrogen (secondary N) is 2. The zero-order valence-corrected chi connectivity index (χ0v) is 11.0. The van der Waals surface area contributed by atoms with Crippen LogP contribution in [-0.4, -0.2) is 6.54 Å². The predicted molar refractivity (Wildman–Crippen MR) is 77.4 cm³/mol. The van der Waals surface area contributed by atoms with Gasteiger partial charge in [0.05, 0.1) is 23.9 Å². The number of hydrogen-bond acceptors (Lipinski definition) is 4. The Kier molecular flexibility index (Phi) is 5.06. The second-order valence-corrected chi connectivity index (χ2v) is 4.19. The molecule has 96 valence electrons. The van der Waals surface area contributed by atoms with E-state index in [1.54, 1.807) is 0 Å². The van der Waals surface area contributed by atoms with Crippen molar-refractivity contribution in [1.82, 2.24) is 0 Å². The molecule has 0 saturated heterocycles. The number of nitrogens with zero attached hydrogens (tertiary/aromatic N) is 1. The Morgan fingerprint density at radius 1 is 1.44 bits per heavy atom. The largest absolute Gasteiger partial charge is 0.397 e. The van der Waals surface area contributed by atoms with Crippen LogP contribution >= 0.6 is 0 Å². The van der Waals surface area contributed by atoms with E-state index in [1.807, 2.05) is 19.1 Å². The molecule has 0 spiro atoms. The highest BCUT2D eigenvalue weighted by Crippen LogP contribution is 2.28. The Bertz CT molecular complexity index is 471. The van der Waals surface area contributed by atoms with Crippen molar-refractivity contribution in [2.45, 2.75) is 26.7 Å². The molecule has 0 radical (unpaired) electrons. The van der Waals surface area contributed by atoms with Gasteiger partial charge in [-0.3, -0.25) is 0 Å². The lowest BCUT2D eigenvalue weighted by molar-refractivity contribution is 1.05. The van der Waals surface area contributed by atoms with Crippen molar-refractivity contribution < 1.29 is 0 Å². The summed E-state index contributed by atoms with van der Waals surface area (Å²) in [5.41, 5.74) is 10.6. The topological polar surface area (TPSA) is 73.9 Å². The van der Waals surface area contributed by atoms with E-state index >= 15 is 0 Å². The Labute approximate surface area is 108 Å². The molecule has 0 atom stereocenters. The molecule has 0 aliphatic rings. The maximum atomic E-state index is 8.55. The first-order chi connectivity index (χ1) is 8.58. The zero-order valence-electron chi connectivity index (χ0n) is 11.0. The van der Waals surface area contributed by atoms with Crippen molar-refractivity contribution >= 4 is 17.1 Å². The quantitative estimate of drug-likeness (QED) is 0.531. The Balaban J connectivity index is 2.98. The van der Waals surface area contributed by atoms with Gasteiger partial charge in [-0.15, -0.1) is 0 Å². The van der Waals surface area contributed by atoms with Crippen molar-refractivity contribution in [2.24, 2.45) is 0 Å². The van der Waals surface area contributed by atoms with Gasteiger partial charge < -0.3 is 16.4 Å². The monoisotopic (exact) mass is 244 g/mol. The van der Waals surface area contributed by atoms with Crippen LogP contribution in [0.5, 0.6) is 0 Å².